The van der Waals surface area contributed by atoms with E-state index in [1.165, 1.54) is 26.4 Å². The lowest BCUT2D eigenvalue weighted by molar-refractivity contribution is 0.0912. The van der Waals surface area contributed by atoms with Crippen molar-refractivity contribution in [1.82, 2.24) is 9.13 Å². The molecular formula is C32H46N2O6. The SMILES string of the molecule is C.C.COC1=CC(=O)c2c(c(CC(C)(C)C)cn2C)C1=O.COC1=CC(=O)c2c(cc(CC(C)(C)C)n2C)C1=O. The highest BCUT2D eigenvalue weighted by molar-refractivity contribution is 6.24. The third-order valence-electron chi connectivity index (χ3n) is 6.37. The van der Waals surface area contributed by atoms with Gasteiger partial charge >= 0.3 is 0 Å². The van der Waals surface area contributed by atoms with Gasteiger partial charge in [0, 0.05) is 38.1 Å². The number of carbonyl (C=O) groups excluding carboxylic acids is 4. The Morgan fingerprint density at radius 1 is 0.725 bits per heavy atom. The number of ketones is 4. The van der Waals surface area contributed by atoms with Crippen LogP contribution >= 0.6 is 0 Å². The third-order valence-corrected chi connectivity index (χ3v) is 6.37. The molecule has 8 heteroatoms. The van der Waals surface area contributed by atoms with Crippen LogP contribution in [-0.4, -0.2) is 46.5 Å². The van der Waals surface area contributed by atoms with Gasteiger partial charge in [-0.05, 0) is 35.3 Å². The first kappa shape index (κ1) is 34.3. The summed E-state index contributed by atoms with van der Waals surface area (Å²) >= 11 is 0. The number of hydrogen-bond acceptors (Lipinski definition) is 6. The van der Waals surface area contributed by atoms with Crippen molar-refractivity contribution in [2.24, 2.45) is 24.9 Å². The van der Waals surface area contributed by atoms with Crippen molar-refractivity contribution >= 4 is 23.1 Å². The van der Waals surface area contributed by atoms with Gasteiger partial charge in [-0.2, -0.15) is 0 Å². The summed E-state index contributed by atoms with van der Waals surface area (Å²) in [5.41, 5.74) is 3.92. The molecule has 0 N–H and O–H groups in total. The van der Waals surface area contributed by atoms with Gasteiger partial charge in [0.2, 0.25) is 23.1 Å². The van der Waals surface area contributed by atoms with E-state index in [9.17, 15) is 19.2 Å². The molecule has 0 radical (unpaired) electrons. The Balaban J connectivity index is 0.000000381. The minimum absolute atomic E-state index is 0. The van der Waals surface area contributed by atoms with Crippen LogP contribution in [0.1, 0.15) is 109 Å². The van der Waals surface area contributed by atoms with Crippen LogP contribution in [0.4, 0.5) is 0 Å². The predicted molar refractivity (Wildman–Crippen MR) is 158 cm³/mol. The van der Waals surface area contributed by atoms with Crippen molar-refractivity contribution in [3.8, 4) is 0 Å². The minimum Gasteiger partial charge on any atom is -0.492 e. The van der Waals surface area contributed by atoms with Gasteiger partial charge in [0.25, 0.3) is 0 Å². The summed E-state index contributed by atoms with van der Waals surface area (Å²) in [6.07, 6.45) is 5.96. The van der Waals surface area contributed by atoms with Gasteiger partial charge in [0.05, 0.1) is 25.3 Å². The number of methoxy groups -OCH3 is 2. The number of fused-ring (bicyclic) bond motifs is 2. The first-order valence-electron chi connectivity index (χ1n) is 12.5. The Labute approximate surface area is 239 Å². The largest absolute Gasteiger partial charge is 0.492 e. The highest BCUT2D eigenvalue weighted by Gasteiger charge is 2.33. The maximum atomic E-state index is 12.4. The van der Waals surface area contributed by atoms with Crippen LogP contribution < -0.4 is 0 Å². The average Bonchev–Trinajstić information content (AvgIpc) is 3.28. The second-order valence-electron chi connectivity index (χ2n) is 12.2. The van der Waals surface area contributed by atoms with E-state index in [0.717, 1.165) is 24.1 Å². The molecule has 2 aromatic rings. The van der Waals surface area contributed by atoms with E-state index in [4.69, 9.17) is 9.47 Å². The second-order valence-corrected chi connectivity index (χ2v) is 12.2. The maximum absolute atomic E-state index is 12.4. The minimum atomic E-state index is -0.215. The molecule has 220 valence electrons. The monoisotopic (exact) mass is 554 g/mol. The molecule has 2 aliphatic carbocycles. The maximum Gasteiger partial charge on any atom is 0.230 e. The lowest BCUT2D eigenvalue weighted by Crippen LogP contribution is -2.21. The van der Waals surface area contributed by atoms with Crippen LogP contribution in [0.2, 0.25) is 0 Å². The third kappa shape index (κ3) is 6.90. The molecule has 0 fully saturated rings. The molecule has 0 unspecified atom stereocenters. The van der Waals surface area contributed by atoms with E-state index in [1.54, 1.807) is 11.6 Å². The number of hydrogen-bond donors (Lipinski definition) is 0. The zero-order valence-electron chi connectivity index (χ0n) is 24.1. The molecule has 2 aromatic heterocycles. The van der Waals surface area contributed by atoms with Gasteiger partial charge < -0.3 is 18.6 Å². The van der Waals surface area contributed by atoms with Crippen molar-refractivity contribution in [3.63, 3.8) is 0 Å². The molecular weight excluding hydrogens is 508 g/mol. The molecule has 4 rings (SSSR count). The van der Waals surface area contributed by atoms with Gasteiger partial charge in [0.15, 0.2) is 11.5 Å². The Morgan fingerprint density at radius 2 is 1.20 bits per heavy atom. The van der Waals surface area contributed by atoms with E-state index in [-0.39, 0.29) is 60.3 Å². The van der Waals surface area contributed by atoms with Crippen molar-refractivity contribution in [2.45, 2.75) is 69.2 Å². The van der Waals surface area contributed by atoms with Crippen LogP contribution in [0.25, 0.3) is 0 Å². The summed E-state index contributed by atoms with van der Waals surface area (Å²) in [4.78, 5) is 48.7. The second kappa shape index (κ2) is 12.2. The smallest absolute Gasteiger partial charge is 0.230 e. The average molecular weight is 555 g/mol. The molecule has 0 saturated heterocycles. The molecule has 2 heterocycles. The first-order chi connectivity index (χ1) is 17.5. The molecule has 2 aliphatic rings. The number of nitrogens with zero attached hydrogens (tertiary/aromatic N) is 2. The van der Waals surface area contributed by atoms with Crippen LogP contribution in [0.3, 0.4) is 0 Å². The Morgan fingerprint density at radius 3 is 1.68 bits per heavy atom. The molecule has 0 saturated carbocycles. The van der Waals surface area contributed by atoms with E-state index in [2.05, 4.69) is 41.5 Å². The summed E-state index contributed by atoms with van der Waals surface area (Å²) in [5.74, 6) is -0.516. The van der Waals surface area contributed by atoms with Gasteiger partial charge in [-0.1, -0.05) is 56.4 Å². The molecule has 0 bridgehead atoms. The molecule has 0 atom stereocenters. The lowest BCUT2D eigenvalue weighted by Gasteiger charge is -2.19. The van der Waals surface area contributed by atoms with Crippen molar-refractivity contribution in [1.29, 1.82) is 0 Å². The Kier molecular flexibility index (Phi) is 10.5. The van der Waals surface area contributed by atoms with E-state index >= 15 is 0 Å². The van der Waals surface area contributed by atoms with Crippen molar-refractivity contribution in [2.75, 3.05) is 14.2 Å². The number of rotatable bonds is 4. The molecule has 0 aromatic carbocycles. The normalized spacial score (nSPS) is 14.6. The first-order valence-corrected chi connectivity index (χ1v) is 12.5. The molecule has 40 heavy (non-hydrogen) atoms. The van der Waals surface area contributed by atoms with Gasteiger partial charge in [-0.25, -0.2) is 0 Å². The number of aryl methyl sites for hydroxylation is 1. The zero-order valence-corrected chi connectivity index (χ0v) is 24.1. The summed E-state index contributed by atoms with van der Waals surface area (Å²) in [5, 5.41) is 0. The lowest BCUT2D eigenvalue weighted by atomic mass is 9.85. The summed E-state index contributed by atoms with van der Waals surface area (Å²) in [6, 6.07) is 1.81. The number of aromatic nitrogens is 2. The van der Waals surface area contributed by atoms with Crippen LogP contribution in [0.15, 0.2) is 35.9 Å². The summed E-state index contributed by atoms with van der Waals surface area (Å²) in [6.45, 7) is 12.7. The molecule has 0 spiro atoms. The van der Waals surface area contributed by atoms with E-state index in [0.29, 0.717) is 22.5 Å². The van der Waals surface area contributed by atoms with Crippen LogP contribution in [0, 0.1) is 10.8 Å². The predicted octanol–water partition coefficient (Wildman–Crippen LogP) is 6.32. The van der Waals surface area contributed by atoms with Gasteiger partial charge in [0.1, 0.15) is 11.4 Å². The fraction of sp³-hybridized carbons (Fsp3) is 0.500. The number of ether oxygens (including phenoxy) is 2. The fourth-order valence-corrected chi connectivity index (χ4v) is 4.85. The Bertz CT molecular complexity index is 1380. The zero-order chi connectivity index (χ0) is 28.7. The summed E-state index contributed by atoms with van der Waals surface area (Å²) in [7, 11) is 6.44. The Hall–Kier alpha value is -3.68. The number of carbonyl (C=O) groups is 4. The van der Waals surface area contributed by atoms with Crippen LogP contribution in [0.5, 0.6) is 0 Å². The highest BCUT2D eigenvalue weighted by atomic mass is 16.5. The fourth-order valence-electron chi connectivity index (χ4n) is 4.85. The van der Waals surface area contributed by atoms with Gasteiger partial charge in [-0.3, -0.25) is 19.2 Å². The molecule has 0 amide bonds. The van der Waals surface area contributed by atoms with Crippen molar-refractivity contribution in [3.05, 3.63) is 69.7 Å². The van der Waals surface area contributed by atoms with Crippen LogP contribution in [-0.2, 0) is 36.4 Å². The number of Topliss-reactive ketones (excluding diaryl/α,β-unsaturated/α-hetero) is 2. The highest BCUT2D eigenvalue weighted by Crippen LogP contribution is 2.31. The quantitative estimate of drug-likeness (QED) is 0.439. The molecule has 0 aliphatic heterocycles. The van der Waals surface area contributed by atoms with E-state index < -0.39 is 0 Å². The van der Waals surface area contributed by atoms with E-state index in [1.807, 2.05) is 23.9 Å². The number of allylic oxidation sites excluding steroid dienone is 4. The molecule has 8 nitrogen and oxygen atoms in total. The summed E-state index contributed by atoms with van der Waals surface area (Å²) < 4.78 is 13.5. The van der Waals surface area contributed by atoms with Crippen molar-refractivity contribution < 1.29 is 28.7 Å². The van der Waals surface area contributed by atoms with Gasteiger partial charge in [-0.15, -0.1) is 0 Å². The standard InChI is InChI=1S/2C15H19NO3.2CH4/c1-15(2,3)7-9-8-16(4)13-10(17)6-11(19-5)14(18)12(9)13;1-15(2,3)8-9-6-10-13(16(9)4)11(17)7-12(19-5)14(10)18;;/h6,8H,7H2,1-5H3;6-7H,8H2,1-5H3;2*1H4. The topological polar surface area (TPSA) is 96.6 Å².